The highest BCUT2D eigenvalue weighted by Crippen LogP contribution is 2.19. The van der Waals surface area contributed by atoms with E-state index in [9.17, 15) is 13.2 Å². The van der Waals surface area contributed by atoms with Crippen LogP contribution in [0.25, 0.3) is 0 Å². The molecule has 0 heterocycles. The molecule has 0 saturated heterocycles. The second kappa shape index (κ2) is 6.21. The van der Waals surface area contributed by atoms with Gasteiger partial charge < -0.3 is 10.6 Å². The van der Waals surface area contributed by atoms with Crippen molar-refractivity contribution >= 4 is 0 Å². The van der Waals surface area contributed by atoms with E-state index in [1.54, 1.807) is 4.90 Å². The van der Waals surface area contributed by atoms with Gasteiger partial charge in [0.15, 0.2) is 0 Å². The van der Waals surface area contributed by atoms with Crippen molar-refractivity contribution in [3.05, 3.63) is 0 Å². The van der Waals surface area contributed by atoms with Gasteiger partial charge in [-0.05, 0) is 13.0 Å². The van der Waals surface area contributed by atoms with Gasteiger partial charge in [0.05, 0.1) is 6.42 Å². The van der Waals surface area contributed by atoms with Crippen molar-refractivity contribution in [3.8, 4) is 0 Å². The third-order valence-corrected chi connectivity index (χ3v) is 1.70. The van der Waals surface area contributed by atoms with Gasteiger partial charge in [0.25, 0.3) is 0 Å². The smallest absolute Gasteiger partial charge is 0.329 e. The molecule has 0 aliphatic rings. The summed E-state index contributed by atoms with van der Waals surface area (Å²) in [5.41, 5.74) is 5.28. The molecule has 0 fully saturated rings. The molecule has 0 aliphatic heterocycles. The van der Waals surface area contributed by atoms with E-state index in [0.717, 1.165) is 6.42 Å². The molecule has 5 heteroatoms. The van der Waals surface area contributed by atoms with Crippen LogP contribution in [-0.4, -0.2) is 37.3 Å². The molecule has 0 radical (unpaired) electrons. The van der Waals surface area contributed by atoms with E-state index in [1.807, 2.05) is 6.92 Å². The summed E-state index contributed by atoms with van der Waals surface area (Å²) >= 11 is 0. The van der Waals surface area contributed by atoms with Crippen LogP contribution in [0.5, 0.6) is 0 Å². The third-order valence-electron chi connectivity index (χ3n) is 1.70. The van der Waals surface area contributed by atoms with Crippen LogP contribution in [0.2, 0.25) is 0 Å². The molecule has 0 rings (SSSR count). The third kappa shape index (κ3) is 8.05. The lowest BCUT2D eigenvalue weighted by Gasteiger charge is -2.21. The van der Waals surface area contributed by atoms with Gasteiger partial charge in [0, 0.05) is 19.6 Å². The molecule has 0 saturated carbocycles. The van der Waals surface area contributed by atoms with Crippen molar-refractivity contribution in [1.29, 1.82) is 0 Å². The standard InChI is InChI=1S/C8H17F3N2/c1-2-5-13(7-4-12)6-3-8(9,10)11/h2-7,12H2,1H3. The number of nitrogens with zero attached hydrogens (tertiary/aromatic N) is 1. The van der Waals surface area contributed by atoms with Crippen LogP contribution in [0.1, 0.15) is 19.8 Å². The summed E-state index contributed by atoms with van der Waals surface area (Å²) in [5, 5.41) is 0. The van der Waals surface area contributed by atoms with Crippen molar-refractivity contribution in [3.63, 3.8) is 0 Å². The monoisotopic (exact) mass is 198 g/mol. The average Bonchev–Trinajstić information content (AvgIpc) is 2.00. The Morgan fingerprint density at radius 1 is 1.15 bits per heavy atom. The Kier molecular flexibility index (Phi) is 6.07. The molecule has 0 atom stereocenters. The number of hydrogen-bond donors (Lipinski definition) is 1. The fourth-order valence-electron chi connectivity index (χ4n) is 1.12. The highest BCUT2D eigenvalue weighted by molar-refractivity contribution is 4.61. The van der Waals surface area contributed by atoms with Crippen LogP contribution in [-0.2, 0) is 0 Å². The molecule has 2 N–H and O–H groups in total. The van der Waals surface area contributed by atoms with Crippen LogP contribution in [0.3, 0.4) is 0 Å². The zero-order chi connectivity index (χ0) is 10.3. The average molecular weight is 198 g/mol. The fourth-order valence-corrected chi connectivity index (χ4v) is 1.12. The second-order valence-corrected chi connectivity index (χ2v) is 3.00. The van der Waals surface area contributed by atoms with E-state index < -0.39 is 12.6 Å². The minimum absolute atomic E-state index is 0.0640. The first-order chi connectivity index (χ1) is 5.99. The molecule has 0 amide bonds. The van der Waals surface area contributed by atoms with Crippen molar-refractivity contribution in [1.82, 2.24) is 4.90 Å². The predicted octanol–water partition coefficient (Wildman–Crippen LogP) is 1.61. The number of alkyl halides is 3. The normalized spacial score (nSPS) is 12.5. The maximum Gasteiger partial charge on any atom is 0.390 e. The predicted molar refractivity (Wildman–Crippen MR) is 46.5 cm³/mol. The van der Waals surface area contributed by atoms with Crippen LogP contribution in [0.4, 0.5) is 13.2 Å². The first-order valence-corrected chi connectivity index (χ1v) is 4.48. The van der Waals surface area contributed by atoms with Gasteiger partial charge in [-0.15, -0.1) is 0 Å². The SMILES string of the molecule is CCCN(CCN)CCC(F)(F)F. The first kappa shape index (κ1) is 12.7. The van der Waals surface area contributed by atoms with E-state index >= 15 is 0 Å². The first-order valence-electron chi connectivity index (χ1n) is 4.48. The second-order valence-electron chi connectivity index (χ2n) is 3.00. The maximum absolute atomic E-state index is 11.8. The van der Waals surface area contributed by atoms with Crippen molar-refractivity contribution in [2.24, 2.45) is 5.73 Å². The summed E-state index contributed by atoms with van der Waals surface area (Å²) < 4.78 is 35.5. The minimum Gasteiger partial charge on any atom is -0.329 e. The topological polar surface area (TPSA) is 29.3 Å². The highest BCUT2D eigenvalue weighted by atomic mass is 19.4. The summed E-state index contributed by atoms with van der Waals surface area (Å²) in [6.07, 6.45) is -3.94. The van der Waals surface area contributed by atoms with Gasteiger partial charge in [0.2, 0.25) is 0 Å². The van der Waals surface area contributed by atoms with Gasteiger partial charge >= 0.3 is 6.18 Å². The van der Waals surface area contributed by atoms with E-state index in [1.165, 1.54) is 0 Å². The lowest BCUT2D eigenvalue weighted by Crippen LogP contribution is -2.33. The summed E-state index contributed by atoms with van der Waals surface area (Å²) in [6.45, 7) is 3.65. The Morgan fingerprint density at radius 2 is 1.77 bits per heavy atom. The zero-order valence-electron chi connectivity index (χ0n) is 7.90. The zero-order valence-corrected chi connectivity index (χ0v) is 7.90. The molecule has 2 nitrogen and oxygen atoms in total. The molecule has 0 aromatic rings. The molecule has 0 aromatic heterocycles. The van der Waals surface area contributed by atoms with Crippen LogP contribution in [0, 0.1) is 0 Å². The number of rotatable bonds is 6. The summed E-state index contributed by atoms with van der Waals surface area (Å²) in [4.78, 5) is 1.74. The largest absolute Gasteiger partial charge is 0.390 e. The van der Waals surface area contributed by atoms with Crippen LogP contribution < -0.4 is 5.73 Å². The summed E-state index contributed by atoms with van der Waals surface area (Å²) in [5.74, 6) is 0. The summed E-state index contributed by atoms with van der Waals surface area (Å²) in [7, 11) is 0. The molecule has 0 bridgehead atoms. The maximum atomic E-state index is 11.8. The lowest BCUT2D eigenvalue weighted by molar-refractivity contribution is -0.137. The summed E-state index contributed by atoms with van der Waals surface area (Å²) in [6, 6.07) is 0. The molecule has 13 heavy (non-hydrogen) atoms. The van der Waals surface area contributed by atoms with Gasteiger partial charge in [-0.25, -0.2) is 0 Å². The van der Waals surface area contributed by atoms with Crippen LogP contribution >= 0.6 is 0 Å². The van der Waals surface area contributed by atoms with Crippen molar-refractivity contribution < 1.29 is 13.2 Å². The molecule has 0 spiro atoms. The highest BCUT2D eigenvalue weighted by Gasteiger charge is 2.27. The fraction of sp³-hybridized carbons (Fsp3) is 1.00. The quantitative estimate of drug-likeness (QED) is 0.702. The molecule has 0 aromatic carbocycles. The Balaban J connectivity index is 3.68. The minimum atomic E-state index is -4.05. The Labute approximate surface area is 76.9 Å². The molecule has 0 unspecified atom stereocenters. The molecular formula is C8H17F3N2. The number of hydrogen-bond acceptors (Lipinski definition) is 2. The van der Waals surface area contributed by atoms with E-state index in [0.29, 0.717) is 19.6 Å². The van der Waals surface area contributed by atoms with Gasteiger partial charge in [0.1, 0.15) is 0 Å². The number of halogens is 3. The number of nitrogens with two attached hydrogens (primary N) is 1. The van der Waals surface area contributed by atoms with Gasteiger partial charge in [-0.1, -0.05) is 6.92 Å². The molecule has 0 aliphatic carbocycles. The Morgan fingerprint density at radius 3 is 2.15 bits per heavy atom. The van der Waals surface area contributed by atoms with Gasteiger partial charge in [-0.2, -0.15) is 13.2 Å². The Bertz CT molecular complexity index is 119. The van der Waals surface area contributed by atoms with E-state index in [2.05, 4.69) is 0 Å². The molecule has 80 valence electrons. The van der Waals surface area contributed by atoms with Gasteiger partial charge in [-0.3, -0.25) is 0 Å². The molecular weight excluding hydrogens is 181 g/mol. The van der Waals surface area contributed by atoms with E-state index in [4.69, 9.17) is 5.73 Å². The van der Waals surface area contributed by atoms with Crippen molar-refractivity contribution in [2.75, 3.05) is 26.2 Å². The van der Waals surface area contributed by atoms with Crippen molar-refractivity contribution in [2.45, 2.75) is 25.9 Å². The van der Waals surface area contributed by atoms with E-state index in [-0.39, 0.29) is 6.54 Å². The van der Waals surface area contributed by atoms with Crippen LogP contribution in [0.15, 0.2) is 0 Å². The lowest BCUT2D eigenvalue weighted by atomic mass is 10.3. The Hall–Kier alpha value is -0.290.